The molecule has 0 fully saturated rings. The lowest BCUT2D eigenvalue weighted by Gasteiger charge is -2.19. The summed E-state index contributed by atoms with van der Waals surface area (Å²) in [5, 5.41) is 15.0. The number of nitrogens with zero attached hydrogens (tertiary/aromatic N) is 3. The Morgan fingerprint density at radius 3 is 1.20 bits per heavy atom. The van der Waals surface area contributed by atoms with E-state index in [4.69, 9.17) is 8.83 Å². The second-order valence-corrected chi connectivity index (χ2v) is 28.3. The number of benzene rings is 12. The summed E-state index contributed by atoms with van der Waals surface area (Å²) in [6, 6.07) is 91.9. The van der Waals surface area contributed by atoms with Gasteiger partial charge in [-0.1, -0.05) is 214 Å². The van der Waals surface area contributed by atoms with E-state index in [9.17, 15) is 0 Å². The quantitative estimate of drug-likeness (QED) is 0.177. The molecule has 438 valence electrons. The molecule has 0 saturated heterocycles. The number of aromatic nitrogens is 3. The maximum Gasteiger partial charge on any atom is 0.145 e. The molecule has 0 amide bonds. The summed E-state index contributed by atoms with van der Waals surface area (Å²) in [4.78, 5) is 0. The van der Waals surface area contributed by atoms with Crippen molar-refractivity contribution in [2.45, 2.75) is 78.6 Å². The number of thiophene rings is 1. The van der Waals surface area contributed by atoms with Crippen LogP contribution < -0.4 is 0 Å². The van der Waals surface area contributed by atoms with E-state index in [0.29, 0.717) is 0 Å². The van der Waals surface area contributed by atoms with Gasteiger partial charge in [-0.3, -0.25) is 0 Å². The van der Waals surface area contributed by atoms with Crippen molar-refractivity contribution in [1.82, 2.24) is 13.7 Å². The van der Waals surface area contributed by atoms with Gasteiger partial charge in [-0.15, -0.1) is 11.3 Å². The molecule has 0 saturated carbocycles. The van der Waals surface area contributed by atoms with Crippen molar-refractivity contribution in [1.29, 1.82) is 0 Å². The van der Waals surface area contributed by atoms with E-state index >= 15 is 0 Å². The van der Waals surface area contributed by atoms with Gasteiger partial charge < -0.3 is 22.5 Å². The zero-order valence-corrected chi connectivity index (χ0v) is 53.1. The van der Waals surface area contributed by atoms with Crippen LogP contribution in [0.5, 0.6) is 0 Å². The minimum Gasteiger partial charge on any atom is -0.456 e. The lowest BCUT2D eigenvalue weighted by atomic mass is 9.87. The Morgan fingerprint density at radius 2 is 0.667 bits per heavy atom. The largest absolute Gasteiger partial charge is 0.456 e. The van der Waals surface area contributed by atoms with Gasteiger partial charge in [0.25, 0.3) is 0 Å². The van der Waals surface area contributed by atoms with Crippen molar-refractivity contribution in [2.75, 3.05) is 0 Å². The molecule has 0 aliphatic heterocycles. The molecule has 6 aromatic heterocycles. The third kappa shape index (κ3) is 9.02. The fourth-order valence-electron chi connectivity index (χ4n) is 13.8. The van der Waals surface area contributed by atoms with Gasteiger partial charge >= 0.3 is 0 Å². The van der Waals surface area contributed by atoms with Crippen LogP contribution in [0.3, 0.4) is 0 Å². The van der Waals surface area contributed by atoms with E-state index in [0.717, 1.165) is 22.3 Å². The van der Waals surface area contributed by atoms with Crippen LogP contribution in [0.2, 0.25) is 0 Å². The molecular formula is C84H69N3O2S. The van der Waals surface area contributed by atoms with E-state index in [2.05, 4.69) is 307 Å². The Labute approximate surface area is 527 Å². The van der Waals surface area contributed by atoms with Gasteiger partial charge in [0.15, 0.2) is 0 Å². The van der Waals surface area contributed by atoms with E-state index in [1.807, 2.05) is 35.6 Å². The molecule has 6 heteroatoms. The van der Waals surface area contributed by atoms with Crippen molar-refractivity contribution >= 4 is 141 Å². The minimum atomic E-state index is 0.139. The third-order valence-corrected chi connectivity index (χ3v) is 19.7. The van der Waals surface area contributed by atoms with Crippen LogP contribution in [0.15, 0.2) is 264 Å². The summed E-state index contributed by atoms with van der Waals surface area (Å²) < 4.78 is 22.4. The molecule has 5 nitrogen and oxygen atoms in total. The third-order valence-electron chi connectivity index (χ3n) is 18.5. The van der Waals surface area contributed by atoms with Crippen molar-refractivity contribution in [3.63, 3.8) is 0 Å². The standard InChI is InChI=1S/2C28H23NO.C28H23NS/c1-28(2,3)18-12-14-19(15-13-18)29-23-10-6-4-9-22(23)26-24(29)17-16-21-20-8-5-7-11-25(20)30-27(21)26;1-28(2,3)18-12-14-19(15-13-18)29-24-10-6-4-8-20(24)22-16-23-21-9-5-7-11-26(21)30-27(23)17-25(22)29;1-28(2,3)18-12-14-19(15-13-18)29-23-10-6-4-9-22(23)26-24(29)17-16-21-20-8-5-7-11-25(20)30-27(21)26/h3*4-17H,1-3H3. The van der Waals surface area contributed by atoms with Crippen molar-refractivity contribution in [3.05, 3.63) is 271 Å². The van der Waals surface area contributed by atoms with Crippen LogP contribution in [0.4, 0.5) is 0 Å². The SMILES string of the molecule is CC(C)(C)c1ccc(-n2c3ccccc3c3c4oc5ccccc5c4ccc32)cc1.CC(C)(C)c1ccc(-n2c3ccccc3c3c4sc5ccccc5c4ccc32)cc1.CC(C)(C)c1ccc(-n2c3ccccc3c3cc4c(cc32)oc2ccccc24)cc1. The van der Waals surface area contributed by atoms with Crippen LogP contribution in [0, 0.1) is 0 Å². The van der Waals surface area contributed by atoms with E-state index in [1.54, 1.807) is 0 Å². The van der Waals surface area contributed by atoms with Crippen molar-refractivity contribution in [3.8, 4) is 17.1 Å². The van der Waals surface area contributed by atoms with Crippen molar-refractivity contribution in [2.24, 2.45) is 0 Å². The van der Waals surface area contributed by atoms with Gasteiger partial charge in [-0.2, -0.15) is 0 Å². The lowest BCUT2D eigenvalue weighted by Crippen LogP contribution is -2.10. The summed E-state index contributed by atoms with van der Waals surface area (Å²) in [5.41, 5.74) is 19.1. The summed E-state index contributed by atoms with van der Waals surface area (Å²) in [7, 11) is 0. The monoisotopic (exact) mass is 1180 g/mol. The summed E-state index contributed by atoms with van der Waals surface area (Å²) in [6.45, 7) is 20.3. The number of furan rings is 2. The van der Waals surface area contributed by atoms with E-state index < -0.39 is 0 Å². The Balaban J connectivity index is 0.000000108. The maximum atomic E-state index is 6.37. The smallest absolute Gasteiger partial charge is 0.145 e. The average Bonchev–Trinajstić information content (AvgIpc) is 1.60. The van der Waals surface area contributed by atoms with Gasteiger partial charge in [-0.05, 0) is 130 Å². The highest BCUT2D eigenvalue weighted by Crippen LogP contribution is 2.45. The number of rotatable bonds is 3. The Morgan fingerprint density at radius 1 is 0.267 bits per heavy atom. The van der Waals surface area contributed by atoms with Gasteiger partial charge in [-0.25, -0.2) is 0 Å². The zero-order chi connectivity index (χ0) is 61.4. The summed E-state index contributed by atoms with van der Waals surface area (Å²) >= 11 is 1.91. The fraction of sp³-hybridized carbons (Fsp3) is 0.143. The molecule has 0 N–H and O–H groups in total. The van der Waals surface area contributed by atoms with Gasteiger partial charge in [0.05, 0.1) is 38.5 Å². The summed E-state index contributed by atoms with van der Waals surface area (Å²) in [5.74, 6) is 0. The molecule has 0 bridgehead atoms. The van der Waals surface area contributed by atoms with E-state index in [1.165, 1.54) is 141 Å². The molecule has 12 aromatic carbocycles. The van der Waals surface area contributed by atoms with Gasteiger partial charge in [0.2, 0.25) is 0 Å². The molecule has 18 rings (SSSR count). The first-order valence-corrected chi connectivity index (χ1v) is 32.2. The first-order chi connectivity index (χ1) is 43.5. The molecule has 0 unspecified atom stereocenters. The first-order valence-electron chi connectivity index (χ1n) is 31.4. The molecule has 18 aromatic rings. The molecule has 6 heterocycles. The van der Waals surface area contributed by atoms with Crippen LogP contribution in [0.25, 0.3) is 147 Å². The Bertz CT molecular complexity index is 5480. The first kappa shape index (κ1) is 55.2. The van der Waals surface area contributed by atoms with E-state index in [-0.39, 0.29) is 16.2 Å². The number of hydrogen-bond acceptors (Lipinski definition) is 3. The molecular weight excluding hydrogens is 1120 g/mol. The number of hydrogen-bond donors (Lipinski definition) is 0. The average molecular weight is 1180 g/mol. The predicted molar refractivity (Wildman–Crippen MR) is 386 cm³/mol. The van der Waals surface area contributed by atoms with Crippen molar-refractivity contribution < 1.29 is 8.83 Å². The normalized spacial score (nSPS) is 12.5. The minimum absolute atomic E-state index is 0.139. The Hall–Kier alpha value is -10.1. The Kier molecular flexibility index (Phi) is 12.7. The van der Waals surface area contributed by atoms with Crippen LogP contribution in [-0.4, -0.2) is 13.7 Å². The molecule has 90 heavy (non-hydrogen) atoms. The summed E-state index contributed by atoms with van der Waals surface area (Å²) in [6.07, 6.45) is 0. The fourth-order valence-corrected chi connectivity index (χ4v) is 15.1. The molecule has 0 aliphatic rings. The second-order valence-electron chi connectivity index (χ2n) is 27.3. The molecule has 0 atom stereocenters. The van der Waals surface area contributed by atoms with Crippen LogP contribution >= 0.6 is 11.3 Å². The predicted octanol–water partition coefficient (Wildman–Crippen LogP) is 24.4. The van der Waals surface area contributed by atoms with Gasteiger partial charge in [0.1, 0.15) is 22.3 Å². The number of fused-ring (bicyclic) bond motifs is 20. The zero-order valence-electron chi connectivity index (χ0n) is 52.3. The lowest BCUT2D eigenvalue weighted by molar-refractivity contribution is 0.590. The molecule has 0 aliphatic carbocycles. The highest BCUT2D eigenvalue weighted by Gasteiger charge is 2.23. The maximum absolute atomic E-state index is 6.37. The molecule has 0 radical (unpaired) electrons. The highest BCUT2D eigenvalue weighted by atomic mass is 32.1. The molecule has 0 spiro atoms. The topological polar surface area (TPSA) is 41.1 Å². The van der Waals surface area contributed by atoms with Gasteiger partial charge in [0, 0.05) is 91.8 Å². The second kappa shape index (κ2) is 20.7. The van der Waals surface area contributed by atoms with Crippen LogP contribution in [-0.2, 0) is 16.2 Å². The number of para-hydroxylation sites is 5. The highest BCUT2D eigenvalue weighted by molar-refractivity contribution is 7.26. The van der Waals surface area contributed by atoms with Crippen LogP contribution in [0.1, 0.15) is 79.0 Å².